The summed E-state index contributed by atoms with van der Waals surface area (Å²) in [5.74, 6) is 0. The predicted octanol–water partition coefficient (Wildman–Crippen LogP) is 3.86. The highest BCUT2D eigenvalue weighted by molar-refractivity contribution is 9.28. The Morgan fingerprint density at radius 1 is 1.18 bits per heavy atom. The number of halogens is 2. The van der Waals surface area contributed by atoms with Crippen molar-refractivity contribution in [1.82, 2.24) is 0 Å². The molecule has 0 unspecified atom stereocenters. The van der Waals surface area contributed by atoms with E-state index in [1.54, 1.807) is 0 Å². The molecule has 58 valence electrons. The van der Waals surface area contributed by atoms with Crippen LogP contribution in [0.15, 0.2) is 39.8 Å². The molecule has 0 aliphatic heterocycles. The third kappa shape index (κ3) is 3.73. The fourth-order valence-electron chi connectivity index (χ4n) is 0.809. The van der Waals surface area contributed by atoms with Gasteiger partial charge in [-0.1, -0.05) is 36.4 Å². The van der Waals surface area contributed by atoms with E-state index < -0.39 is 0 Å². The second kappa shape index (κ2) is 4.73. The maximum absolute atomic E-state index is 3.31. The molecular formula is C9H8Br2. The number of hydrogen-bond donors (Lipinski definition) is 0. The Morgan fingerprint density at radius 2 is 1.82 bits per heavy atom. The van der Waals surface area contributed by atoms with E-state index >= 15 is 0 Å². The zero-order valence-corrected chi connectivity index (χ0v) is 9.10. The molecule has 0 bridgehead atoms. The van der Waals surface area contributed by atoms with Gasteiger partial charge in [0.25, 0.3) is 0 Å². The smallest absolute Gasteiger partial charge is 0.0567 e. The molecular weight excluding hydrogens is 268 g/mol. The molecule has 1 rings (SSSR count). The molecule has 0 spiro atoms. The largest absolute Gasteiger partial charge is 0.0622 e. The lowest BCUT2D eigenvalue weighted by molar-refractivity contribution is 1.27. The first-order chi connectivity index (χ1) is 5.29. The molecule has 0 amide bonds. The van der Waals surface area contributed by atoms with Gasteiger partial charge in [-0.2, -0.15) is 0 Å². The van der Waals surface area contributed by atoms with E-state index in [0.29, 0.717) is 0 Å². The summed E-state index contributed by atoms with van der Waals surface area (Å²) in [5, 5.41) is 0. The van der Waals surface area contributed by atoms with E-state index in [4.69, 9.17) is 0 Å². The molecule has 0 nitrogen and oxygen atoms in total. The number of hydrogen-bond acceptors (Lipinski definition) is 0. The number of allylic oxidation sites excluding steroid dienone is 1. The van der Waals surface area contributed by atoms with E-state index in [1.165, 1.54) is 5.56 Å². The summed E-state index contributed by atoms with van der Waals surface area (Å²) >= 11 is 6.62. The Labute approximate surface area is 83.6 Å². The van der Waals surface area contributed by atoms with Crippen LogP contribution in [0.3, 0.4) is 0 Å². The van der Waals surface area contributed by atoms with Gasteiger partial charge >= 0.3 is 0 Å². The minimum Gasteiger partial charge on any atom is -0.0622 e. The first-order valence-electron chi connectivity index (χ1n) is 3.34. The lowest BCUT2D eigenvalue weighted by atomic mass is 10.2. The van der Waals surface area contributed by atoms with Crippen molar-refractivity contribution in [2.24, 2.45) is 0 Å². The van der Waals surface area contributed by atoms with Crippen LogP contribution in [0.25, 0.3) is 0 Å². The zero-order valence-electron chi connectivity index (χ0n) is 5.93. The van der Waals surface area contributed by atoms with Gasteiger partial charge < -0.3 is 0 Å². The average Bonchev–Trinajstić information content (AvgIpc) is 2.03. The van der Waals surface area contributed by atoms with Crippen LogP contribution in [0.5, 0.6) is 0 Å². The highest BCUT2D eigenvalue weighted by Crippen LogP contribution is 2.14. The number of rotatable bonds is 2. The van der Waals surface area contributed by atoms with Crippen LogP contribution in [0.1, 0.15) is 5.56 Å². The Kier molecular flexibility index (Phi) is 3.87. The molecule has 11 heavy (non-hydrogen) atoms. The lowest BCUT2D eigenvalue weighted by Crippen LogP contribution is -1.77. The third-order valence-electron chi connectivity index (χ3n) is 1.33. The van der Waals surface area contributed by atoms with Crippen molar-refractivity contribution >= 4 is 31.9 Å². The maximum atomic E-state index is 3.31. The van der Waals surface area contributed by atoms with E-state index in [0.717, 1.165) is 9.81 Å². The second-order valence-corrected chi connectivity index (χ2v) is 4.96. The van der Waals surface area contributed by atoms with Crippen LogP contribution in [-0.4, -0.2) is 0 Å². The number of benzene rings is 1. The molecule has 0 N–H and O–H groups in total. The van der Waals surface area contributed by atoms with E-state index in [9.17, 15) is 0 Å². The maximum Gasteiger partial charge on any atom is 0.0567 e. The average molecular weight is 276 g/mol. The quantitative estimate of drug-likeness (QED) is 0.769. The first-order valence-corrected chi connectivity index (χ1v) is 4.93. The topological polar surface area (TPSA) is 0 Å². The summed E-state index contributed by atoms with van der Waals surface area (Å²) in [5.41, 5.74) is 1.32. The Hall–Kier alpha value is -0.0800. The Balaban J connectivity index is 2.59. The molecule has 0 atom stereocenters. The van der Waals surface area contributed by atoms with Gasteiger partial charge in [0.2, 0.25) is 0 Å². The van der Waals surface area contributed by atoms with Crippen molar-refractivity contribution in [3.05, 3.63) is 45.4 Å². The van der Waals surface area contributed by atoms with Gasteiger partial charge in [0.15, 0.2) is 0 Å². The molecule has 0 saturated carbocycles. The molecule has 0 aliphatic rings. The lowest BCUT2D eigenvalue weighted by Gasteiger charge is -1.93. The standard InChI is InChI=1S/C9H8Br2/c10-9(11)7-6-8-4-2-1-3-5-8/h1-5,7H,6H2. The monoisotopic (exact) mass is 274 g/mol. The molecule has 1 aromatic carbocycles. The van der Waals surface area contributed by atoms with Gasteiger partial charge in [0.1, 0.15) is 0 Å². The van der Waals surface area contributed by atoms with Gasteiger partial charge in [0.05, 0.1) is 3.39 Å². The zero-order chi connectivity index (χ0) is 8.10. The highest BCUT2D eigenvalue weighted by Gasteiger charge is 1.87. The molecule has 0 fully saturated rings. The molecule has 1 aromatic rings. The van der Waals surface area contributed by atoms with Crippen LogP contribution in [0.4, 0.5) is 0 Å². The normalized spacial score (nSPS) is 9.27. The Morgan fingerprint density at radius 3 is 2.36 bits per heavy atom. The highest BCUT2D eigenvalue weighted by atomic mass is 79.9. The summed E-state index contributed by atoms with van der Waals surface area (Å²) in [6.07, 6.45) is 3.04. The van der Waals surface area contributed by atoms with Gasteiger partial charge in [-0.15, -0.1) is 0 Å². The molecule has 0 heterocycles. The van der Waals surface area contributed by atoms with Crippen molar-refractivity contribution in [3.63, 3.8) is 0 Å². The van der Waals surface area contributed by atoms with Crippen LogP contribution in [0, 0.1) is 0 Å². The Bertz CT molecular complexity index is 235. The first kappa shape index (κ1) is 9.01. The molecule has 0 radical (unpaired) electrons. The van der Waals surface area contributed by atoms with Crippen molar-refractivity contribution in [2.45, 2.75) is 6.42 Å². The summed E-state index contributed by atoms with van der Waals surface area (Å²) in [4.78, 5) is 0. The van der Waals surface area contributed by atoms with Gasteiger partial charge in [0, 0.05) is 0 Å². The van der Waals surface area contributed by atoms with E-state index in [2.05, 4.69) is 50.1 Å². The fourth-order valence-corrected chi connectivity index (χ4v) is 1.13. The van der Waals surface area contributed by atoms with Gasteiger partial charge in [-0.25, -0.2) is 0 Å². The van der Waals surface area contributed by atoms with Crippen LogP contribution in [0.2, 0.25) is 0 Å². The molecule has 2 heteroatoms. The summed E-state index contributed by atoms with van der Waals surface area (Å²) in [6, 6.07) is 10.3. The fraction of sp³-hybridized carbons (Fsp3) is 0.111. The summed E-state index contributed by atoms with van der Waals surface area (Å²) < 4.78 is 1.01. The predicted molar refractivity (Wildman–Crippen MR) is 56.1 cm³/mol. The van der Waals surface area contributed by atoms with Crippen molar-refractivity contribution in [3.8, 4) is 0 Å². The third-order valence-corrected chi connectivity index (χ3v) is 1.98. The van der Waals surface area contributed by atoms with Crippen molar-refractivity contribution in [1.29, 1.82) is 0 Å². The second-order valence-electron chi connectivity index (χ2n) is 2.18. The minimum absolute atomic E-state index is 0.965. The van der Waals surface area contributed by atoms with Crippen LogP contribution in [-0.2, 0) is 6.42 Å². The van der Waals surface area contributed by atoms with Crippen LogP contribution >= 0.6 is 31.9 Å². The van der Waals surface area contributed by atoms with Crippen molar-refractivity contribution < 1.29 is 0 Å². The van der Waals surface area contributed by atoms with E-state index in [1.807, 2.05) is 18.2 Å². The van der Waals surface area contributed by atoms with Gasteiger partial charge in [-0.3, -0.25) is 0 Å². The molecule has 0 aliphatic carbocycles. The SMILES string of the molecule is BrC(Br)=CCc1ccccc1. The van der Waals surface area contributed by atoms with Crippen LogP contribution < -0.4 is 0 Å². The molecule has 0 aromatic heterocycles. The van der Waals surface area contributed by atoms with Gasteiger partial charge in [-0.05, 0) is 43.8 Å². The van der Waals surface area contributed by atoms with E-state index in [-0.39, 0.29) is 0 Å². The minimum atomic E-state index is 0.965. The molecule has 0 saturated heterocycles. The van der Waals surface area contributed by atoms with Crippen molar-refractivity contribution in [2.75, 3.05) is 0 Å². The summed E-state index contributed by atoms with van der Waals surface area (Å²) in [6.45, 7) is 0. The summed E-state index contributed by atoms with van der Waals surface area (Å²) in [7, 11) is 0.